The fraction of sp³-hybridized carbons (Fsp3) is 0.0769. The summed E-state index contributed by atoms with van der Waals surface area (Å²) in [5, 5.41) is 0. The van der Waals surface area contributed by atoms with Crippen molar-refractivity contribution in [1.82, 2.24) is 0 Å². The summed E-state index contributed by atoms with van der Waals surface area (Å²) in [5.74, 6) is 1.71. The number of anilines is 20. The molecule has 0 amide bonds. The molecule has 16 aromatic rings. The third kappa shape index (κ3) is 19.9. The molecule has 114 heavy (non-hydrogen) atoms. The van der Waals surface area contributed by atoms with Gasteiger partial charge >= 0.3 is 0 Å². The SMILES string of the molecule is COc1ccc(N(C)c2ccc(N(c3ccccc3)c3ccccc3)cc2)cc1.COc1cccc(N(C)c2ccc(N(c3ccccc3)c3ccccc3)cc2)c1.Cc1ccc(N(C)c2ccc(N(c3ccccc3)c3ccccc3)cc2)cc1.Cc1cccc(N(C)c2ccc(N(c3ccccc3)c3ccccc3)cc2)c1. The molecule has 0 aliphatic carbocycles. The molecule has 10 nitrogen and oxygen atoms in total. The van der Waals surface area contributed by atoms with Crippen LogP contribution >= 0.6 is 0 Å². The number of methoxy groups -OCH3 is 2. The number of rotatable bonds is 22. The average molecular weight is 1490 g/mol. The molecule has 0 saturated heterocycles. The van der Waals surface area contributed by atoms with Gasteiger partial charge in [0.1, 0.15) is 11.5 Å². The van der Waals surface area contributed by atoms with Crippen molar-refractivity contribution in [2.24, 2.45) is 0 Å². The lowest BCUT2D eigenvalue weighted by Gasteiger charge is -2.26. The monoisotopic (exact) mass is 1490 g/mol. The first kappa shape index (κ1) is 77.7. The van der Waals surface area contributed by atoms with Gasteiger partial charge in [-0.05, 0) is 274 Å². The van der Waals surface area contributed by atoms with Crippen molar-refractivity contribution in [1.29, 1.82) is 0 Å². The van der Waals surface area contributed by atoms with Crippen LogP contribution in [0.25, 0.3) is 0 Å². The van der Waals surface area contributed by atoms with Crippen LogP contribution in [0.2, 0.25) is 0 Å². The standard InChI is InChI=1S/2C26H24N2O.2C26H24N2/c1-27(25-14-9-15-26(20-25)29-2)21-16-18-24(19-17-21)28(22-10-5-3-6-11-22)23-12-7-4-8-13-23;1-27(22-17-19-26(29-2)20-18-22)21-13-15-25(16-14-21)28(23-9-5-3-6-10-23)24-11-7-4-8-12-24;1-21-10-9-15-26(20-21)27(2)22-16-18-25(19-17-22)28(23-11-5-3-6-12-23)24-13-7-4-8-14-24;1-21-13-15-22(16-14-21)27(2)23-17-19-26(20-18-23)28(24-9-5-3-6-10-24)25-11-7-4-8-12-25/h2*3-20H,1-2H3;2*3-20H,1-2H3. The van der Waals surface area contributed by atoms with E-state index in [1.807, 2.05) is 78.9 Å². The van der Waals surface area contributed by atoms with Crippen LogP contribution in [-0.2, 0) is 0 Å². The number of benzene rings is 16. The third-order valence-electron chi connectivity index (χ3n) is 19.8. The minimum atomic E-state index is 0.852. The van der Waals surface area contributed by atoms with E-state index in [0.29, 0.717) is 0 Å². The van der Waals surface area contributed by atoms with Gasteiger partial charge in [0.2, 0.25) is 0 Å². The van der Waals surface area contributed by atoms with Gasteiger partial charge in [0.25, 0.3) is 0 Å². The number of ether oxygens (including phenoxy) is 2. The first-order valence-electron chi connectivity index (χ1n) is 38.3. The zero-order chi connectivity index (χ0) is 78.8. The molecule has 0 radical (unpaired) electrons. The van der Waals surface area contributed by atoms with Gasteiger partial charge in [0.05, 0.1) is 14.2 Å². The molecule has 0 unspecified atom stereocenters. The Morgan fingerprint density at radius 3 is 0.570 bits per heavy atom. The number of nitrogens with zero attached hydrogens (tertiary/aromatic N) is 8. The molecule has 0 heterocycles. The van der Waals surface area contributed by atoms with E-state index in [0.717, 1.165) is 114 Å². The lowest BCUT2D eigenvalue weighted by atomic mass is 10.1. The Balaban J connectivity index is 0.000000133. The lowest BCUT2D eigenvalue weighted by Crippen LogP contribution is -2.11. The highest BCUT2D eigenvalue weighted by Gasteiger charge is 2.19. The highest BCUT2D eigenvalue weighted by Crippen LogP contribution is 2.42. The van der Waals surface area contributed by atoms with Crippen molar-refractivity contribution in [2.75, 3.05) is 81.6 Å². The molecule has 0 saturated carbocycles. The van der Waals surface area contributed by atoms with Crippen molar-refractivity contribution in [2.45, 2.75) is 13.8 Å². The predicted molar refractivity (Wildman–Crippen MR) is 485 cm³/mol. The molecule has 16 aromatic carbocycles. The maximum atomic E-state index is 5.36. The van der Waals surface area contributed by atoms with Crippen molar-refractivity contribution >= 4 is 114 Å². The zero-order valence-corrected chi connectivity index (χ0v) is 66.0. The van der Waals surface area contributed by atoms with Crippen LogP contribution in [0.5, 0.6) is 11.5 Å². The Kier molecular flexibility index (Phi) is 26.4. The highest BCUT2D eigenvalue weighted by molar-refractivity contribution is 5.83. The summed E-state index contributed by atoms with van der Waals surface area (Å²) in [4.78, 5) is 17.8. The zero-order valence-electron chi connectivity index (χ0n) is 66.0. The molecule has 16 rings (SSSR count). The van der Waals surface area contributed by atoms with Crippen molar-refractivity contribution in [3.8, 4) is 11.5 Å². The molecule has 10 heteroatoms. The maximum Gasteiger partial charge on any atom is 0.120 e. The molecular formula is C104H96N8O2. The molecule has 564 valence electrons. The fourth-order valence-corrected chi connectivity index (χ4v) is 13.5. The molecule has 0 atom stereocenters. The maximum absolute atomic E-state index is 5.36. The Morgan fingerprint density at radius 2 is 0.333 bits per heavy atom. The van der Waals surface area contributed by atoms with Gasteiger partial charge < -0.3 is 48.7 Å². The van der Waals surface area contributed by atoms with Crippen LogP contribution in [0.4, 0.5) is 114 Å². The van der Waals surface area contributed by atoms with Gasteiger partial charge in [-0.25, -0.2) is 0 Å². The average Bonchev–Trinajstić information content (AvgIpc) is 0.818. The van der Waals surface area contributed by atoms with E-state index in [4.69, 9.17) is 9.47 Å². The molecule has 0 aliphatic rings. The van der Waals surface area contributed by atoms with Crippen molar-refractivity contribution < 1.29 is 9.47 Å². The molecule has 0 N–H and O–H groups in total. The van der Waals surface area contributed by atoms with Crippen molar-refractivity contribution in [3.05, 3.63) is 448 Å². The Labute approximate surface area is 674 Å². The van der Waals surface area contributed by atoms with E-state index in [1.54, 1.807) is 14.2 Å². The van der Waals surface area contributed by atoms with Gasteiger partial charge in [-0.15, -0.1) is 0 Å². The highest BCUT2D eigenvalue weighted by atomic mass is 16.5. The van der Waals surface area contributed by atoms with Gasteiger partial charge in [-0.2, -0.15) is 0 Å². The molecule has 0 fully saturated rings. The quantitative estimate of drug-likeness (QED) is 0.0656. The van der Waals surface area contributed by atoms with Crippen molar-refractivity contribution in [3.63, 3.8) is 0 Å². The van der Waals surface area contributed by atoms with E-state index < -0.39 is 0 Å². The fourth-order valence-electron chi connectivity index (χ4n) is 13.5. The molecule has 0 aliphatic heterocycles. The molecule has 0 spiro atoms. The van der Waals surface area contributed by atoms with Crippen LogP contribution in [0.1, 0.15) is 11.1 Å². The normalized spacial score (nSPS) is 10.5. The van der Waals surface area contributed by atoms with Crippen LogP contribution in [0, 0.1) is 13.8 Å². The third-order valence-corrected chi connectivity index (χ3v) is 19.8. The van der Waals surface area contributed by atoms with E-state index >= 15 is 0 Å². The summed E-state index contributed by atoms with van der Waals surface area (Å²) < 4.78 is 10.6. The Bertz CT molecular complexity index is 5350. The lowest BCUT2D eigenvalue weighted by molar-refractivity contribution is 0.415. The van der Waals surface area contributed by atoms with E-state index in [9.17, 15) is 0 Å². The number of para-hydroxylation sites is 8. The topological polar surface area (TPSA) is 44.4 Å². The van der Waals surface area contributed by atoms with Crippen LogP contribution < -0.4 is 48.7 Å². The van der Waals surface area contributed by atoms with E-state index in [-0.39, 0.29) is 0 Å². The van der Waals surface area contributed by atoms with Gasteiger partial charge in [0, 0.05) is 148 Å². The van der Waals surface area contributed by atoms with Crippen LogP contribution in [-0.4, -0.2) is 42.4 Å². The van der Waals surface area contributed by atoms with Gasteiger partial charge in [-0.1, -0.05) is 181 Å². The van der Waals surface area contributed by atoms with E-state index in [2.05, 4.69) is 439 Å². The summed E-state index contributed by atoms with van der Waals surface area (Å²) in [6.45, 7) is 4.23. The second kappa shape index (κ2) is 38.7. The summed E-state index contributed by atoms with van der Waals surface area (Å²) in [5.41, 5.74) is 25.3. The first-order valence-corrected chi connectivity index (χ1v) is 38.3. The number of aryl methyl sites for hydroxylation is 2. The van der Waals surface area contributed by atoms with E-state index in [1.165, 1.54) is 22.5 Å². The summed E-state index contributed by atoms with van der Waals surface area (Å²) in [6, 6.07) is 152. The second-order valence-corrected chi connectivity index (χ2v) is 27.4. The first-order chi connectivity index (χ1) is 56.0. The Morgan fingerprint density at radius 1 is 0.149 bits per heavy atom. The summed E-state index contributed by atoms with van der Waals surface area (Å²) >= 11 is 0. The number of hydrogen-bond acceptors (Lipinski definition) is 10. The van der Waals surface area contributed by atoms with Gasteiger partial charge in [0.15, 0.2) is 0 Å². The smallest absolute Gasteiger partial charge is 0.120 e. The van der Waals surface area contributed by atoms with Crippen LogP contribution in [0.15, 0.2) is 437 Å². The largest absolute Gasteiger partial charge is 0.497 e. The second-order valence-electron chi connectivity index (χ2n) is 27.4. The summed E-state index contributed by atoms with van der Waals surface area (Å²) in [7, 11) is 11.7. The minimum Gasteiger partial charge on any atom is -0.497 e. The number of hydrogen-bond donors (Lipinski definition) is 0. The van der Waals surface area contributed by atoms with Gasteiger partial charge in [-0.3, -0.25) is 0 Å². The molecule has 0 aromatic heterocycles. The predicted octanol–water partition coefficient (Wildman–Crippen LogP) is 28.3. The molecule has 0 bridgehead atoms. The van der Waals surface area contributed by atoms with Crippen LogP contribution in [0.3, 0.4) is 0 Å². The Hall–Kier alpha value is -14.5. The molecular weight excluding hydrogens is 1390 g/mol. The minimum absolute atomic E-state index is 0.852. The summed E-state index contributed by atoms with van der Waals surface area (Å²) in [6.07, 6.45) is 0.